The maximum absolute atomic E-state index is 12.7. The van der Waals surface area contributed by atoms with E-state index in [9.17, 15) is 18.5 Å². The summed E-state index contributed by atoms with van der Waals surface area (Å²) < 4.78 is 35.6. The Morgan fingerprint density at radius 3 is 2.41 bits per heavy atom. The van der Waals surface area contributed by atoms with Crippen molar-refractivity contribution in [1.29, 1.82) is 5.26 Å². The number of rotatable bonds is 7. The first-order valence-electron chi connectivity index (χ1n) is 10.0. The number of carbonyl (C=O) groups is 1. The lowest BCUT2D eigenvalue weighted by Crippen LogP contribution is -2.14. The molecule has 7 nitrogen and oxygen atoms in total. The number of hydrogen-bond donors (Lipinski definition) is 1. The molecule has 0 saturated carbocycles. The summed E-state index contributed by atoms with van der Waals surface area (Å²) in [7, 11) is -2.78. The van der Waals surface area contributed by atoms with Gasteiger partial charge in [-0.3, -0.25) is 4.79 Å². The van der Waals surface area contributed by atoms with Crippen LogP contribution < -0.4 is 14.2 Å². The van der Waals surface area contributed by atoms with Gasteiger partial charge in [-0.25, -0.2) is 0 Å². The Labute approximate surface area is 203 Å². The first-order valence-corrected chi connectivity index (χ1v) is 11.8. The van der Waals surface area contributed by atoms with Crippen LogP contribution in [0.15, 0.2) is 71.1 Å². The summed E-state index contributed by atoms with van der Waals surface area (Å²) in [6, 6.07) is 17.3. The largest absolute Gasteiger partial charge is 0.493 e. The predicted octanol–water partition coefficient (Wildman–Crippen LogP) is 5.28. The van der Waals surface area contributed by atoms with Crippen LogP contribution in [-0.2, 0) is 14.9 Å². The van der Waals surface area contributed by atoms with Crippen molar-refractivity contribution in [2.24, 2.45) is 0 Å². The highest BCUT2D eigenvalue weighted by molar-refractivity contribution is 7.87. The van der Waals surface area contributed by atoms with Crippen molar-refractivity contribution in [3.05, 3.63) is 87.9 Å². The molecule has 3 rings (SSSR count). The van der Waals surface area contributed by atoms with Gasteiger partial charge in [0.15, 0.2) is 11.5 Å². The highest BCUT2D eigenvalue weighted by Crippen LogP contribution is 2.32. The molecule has 1 amide bonds. The third-order valence-corrected chi connectivity index (χ3v) is 6.52. The van der Waals surface area contributed by atoms with Gasteiger partial charge >= 0.3 is 10.1 Å². The molecule has 3 aromatic carbocycles. The Kier molecular flexibility index (Phi) is 7.61. The van der Waals surface area contributed by atoms with Crippen molar-refractivity contribution >= 4 is 39.4 Å². The summed E-state index contributed by atoms with van der Waals surface area (Å²) in [5, 5.41) is 12.6. The van der Waals surface area contributed by atoms with Crippen LogP contribution in [0.4, 0.5) is 5.69 Å². The average molecular weight is 497 g/mol. The number of nitriles is 1. The predicted molar refractivity (Wildman–Crippen MR) is 130 cm³/mol. The van der Waals surface area contributed by atoms with E-state index >= 15 is 0 Å². The molecule has 0 spiro atoms. The molecule has 0 aliphatic rings. The van der Waals surface area contributed by atoms with Crippen LogP contribution in [-0.4, -0.2) is 21.4 Å². The standard InChI is InChI=1S/C25H21ClN2O5S/c1-16-5-4-6-22(17(16)2)28-25(29)19(15-27)13-18-7-12-23(24(14-18)32-3)33-34(30,31)21-10-8-20(26)9-11-21/h4-14H,1-3H3,(H,28,29)/b19-13+. The van der Waals surface area contributed by atoms with Gasteiger partial charge in [-0.2, -0.15) is 13.7 Å². The van der Waals surface area contributed by atoms with Crippen LogP contribution in [0.2, 0.25) is 5.02 Å². The maximum atomic E-state index is 12.7. The van der Waals surface area contributed by atoms with Gasteiger partial charge in [-0.05, 0) is 79.1 Å². The number of ether oxygens (including phenoxy) is 1. The normalized spacial score (nSPS) is 11.4. The summed E-state index contributed by atoms with van der Waals surface area (Å²) in [4.78, 5) is 12.6. The molecular weight excluding hydrogens is 476 g/mol. The van der Waals surface area contributed by atoms with Gasteiger partial charge < -0.3 is 14.2 Å². The molecule has 0 saturated heterocycles. The Bertz CT molecular complexity index is 1410. The minimum atomic E-state index is -4.13. The van der Waals surface area contributed by atoms with E-state index in [-0.39, 0.29) is 22.0 Å². The zero-order valence-electron chi connectivity index (χ0n) is 18.6. The number of aryl methyl sites for hydroxylation is 1. The fraction of sp³-hybridized carbons (Fsp3) is 0.120. The van der Waals surface area contributed by atoms with Crippen LogP contribution in [0.5, 0.6) is 11.5 Å². The maximum Gasteiger partial charge on any atom is 0.339 e. The molecule has 9 heteroatoms. The topological polar surface area (TPSA) is 105 Å². The van der Waals surface area contributed by atoms with Crippen molar-refractivity contribution in [2.45, 2.75) is 18.7 Å². The Balaban J connectivity index is 1.86. The molecule has 0 atom stereocenters. The number of nitrogens with zero attached hydrogens (tertiary/aromatic N) is 1. The second kappa shape index (κ2) is 10.4. The number of amides is 1. The van der Waals surface area contributed by atoms with Gasteiger partial charge in [0.05, 0.1) is 7.11 Å². The van der Waals surface area contributed by atoms with E-state index in [0.717, 1.165) is 11.1 Å². The van der Waals surface area contributed by atoms with E-state index in [4.69, 9.17) is 20.5 Å². The fourth-order valence-corrected chi connectivity index (χ4v) is 4.07. The Hall–Kier alpha value is -3.80. The lowest BCUT2D eigenvalue weighted by Gasteiger charge is -2.12. The van der Waals surface area contributed by atoms with E-state index in [0.29, 0.717) is 16.3 Å². The van der Waals surface area contributed by atoms with E-state index in [1.165, 1.54) is 55.7 Å². The molecule has 0 unspecified atom stereocenters. The molecule has 174 valence electrons. The lowest BCUT2D eigenvalue weighted by atomic mass is 10.1. The first kappa shape index (κ1) is 24.8. The highest BCUT2D eigenvalue weighted by Gasteiger charge is 2.20. The van der Waals surface area contributed by atoms with Gasteiger partial charge in [0.2, 0.25) is 0 Å². The van der Waals surface area contributed by atoms with Crippen molar-refractivity contribution in [2.75, 3.05) is 12.4 Å². The van der Waals surface area contributed by atoms with Gasteiger partial charge in [0.1, 0.15) is 16.5 Å². The van der Waals surface area contributed by atoms with Crippen molar-refractivity contribution in [3.63, 3.8) is 0 Å². The van der Waals surface area contributed by atoms with E-state index in [1.807, 2.05) is 32.0 Å². The minimum Gasteiger partial charge on any atom is -0.493 e. The van der Waals surface area contributed by atoms with Crippen LogP contribution in [0, 0.1) is 25.2 Å². The smallest absolute Gasteiger partial charge is 0.339 e. The third kappa shape index (κ3) is 5.76. The summed E-state index contributed by atoms with van der Waals surface area (Å²) in [6.07, 6.45) is 1.38. The van der Waals surface area contributed by atoms with Gasteiger partial charge in [0, 0.05) is 10.7 Å². The quantitative estimate of drug-likeness (QED) is 0.271. The molecule has 0 aliphatic carbocycles. The number of benzene rings is 3. The molecule has 34 heavy (non-hydrogen) atoms. The monoisotopic (exact) mass is 496 g/mol. The molecule has 0 heterocycles. The number of anilines is 1. The zero-order valence-corrected chi connectivity index (χ0v) is 20.2. The Morgan fingerprint density at radius 1 is 1.06 bits per heavy atom. The molecule has 0 bridgehead atoms. The van der Waals surface area contributed by atoms with Crippen molar-refractivity contribution in [1.82, 2.24) is 0 Å². The molecular formula is C25H21ClN2O5S. The number of methoxy groups -OCH3 is 1. The summed E-state index contributed by atoms with van der Waals surface area (Å²) in [5.41, 5.74) is 2.83. The van der Waals surface area contributed by atoms with E-state index < -0.39 is 16.0 Å². The lowest BCUT2D eigenvalue weighted by molar-refractivity contribution is -0.112. The molecule has 0 fully saturated rings. The first-order chi connectivity index (χ1) is 16.1. The second-order valence-electron chi connectivity index (χ2n) is 7.27. The van der Waals surface area contributed by atoms with Gasteiger partial charge in [0.25, 0.3) is 5.91 Å². The fourth-order valence-electron chi connectivity index (χ4n) is 3.00. The van der Waals surface area contributed by atoms with Crippen molar-refractivity contribution < 1.29 is 22.1 Å². The van der Waals surface area contributed by atoms with E-state index in [2.05, 4.69) is 5.32 Å². The highest BCUT2D eigenvalue weighted by atomic mass is 35.5. The van der Waals surface area contributed by atoms with Crippen LogP contribution in [0.3, 0.4) is 0 Å². The van der Waals surface area contributed by atoms with Gasteiger partial charge in [-0.1, -0.05) is 29.8 Å². The molecule has 0 radical (unpaired) electrons. The average Bonchev–Trinajstić information content (AvgIpc) is 2.81. The molecule has 0 aromatic heterocycles. The third-order valence-electron chi connectivity index (χ3n) is 5.02. The Morgan fingerprint density at radius 2 is 1.76 bits per heavy atom. The minimum absolute atomic E-state index is 0.0482. The summed E-state index contributed by atoms with van der Waals surface area (Å²) in [6.45, 7) is 3.80. The number of halogens is 1. The van der Waals surface area contributed by atoms with E-state index in [1.54, 1.807) is 6.07 Å². The van der Waals surface area contributed by atoms with Crippen LogP contribution in [0.1, 0.15) is 16.7 Å². The summed E-state index contributed by atoms with van der Waals surface area (Å²) >= 11 is 5.81. The van der Waals surface area contributed by atoms with Crippen LogP contribution in [0.25, 0.3) is 6.08 Å². The van der Waals surface area contributed by atoms with Crippen molar-refractivity contribution in [3.8, 4) is 17.6 Å². The summed E-state index contributed by atoms with van der Waals surface area (Å²) in [5.74, 6) is -0.507. The molecule has 0 aliphatic heterocycles. The molecule has 3 aromatic rings. The van der Waals surface area contributed by atoms with Crippen LogP contribution >= 0.6 is 11.6 Å². The zero-order chi connectivity index (χ0) is 24.9. The van der Waals surface area contributed by atoms with Gasteiger partial charge in [-0.15, -0.1) is 0 Å². The molecule has 1 N–H and O–H groups in total. The SMILES string of the molecule is COc1cc(/C=C(\C#N)C(=O)Nc2cccc(C)c2C)ccc1OS(=O)(=O)c1ccc(Cl)cc1. The number of carbonyl (C=O) groups excluding carboxylic acids is 1. The number of hydrogen-bond acceptors (Lipinski definition) is 6. The second-order valence-corrected chi connectivity index (χ2v) is 9.26. The number of nitrogens with one attached hydrogen (secondary N) is 1.